The highest BCUT2D eigenvalue weighted by Crippen LogP contribution is 2.30. The summed E-state index contributed by atoms with van der Waals surface area (Å²) in [6, 6.07) is 1.72. The van der Waals surface area contributed by atoms with Gasteiger partial charge in [0.15, 0.2) is 0 Å². The van der Waals surface area contributed by atoms with Gasteiger partial charge in [-0.1, -0.05) is 0 Å². The molecule has 2 aliphatic rings. The van der Waals surface area contributed by atoms with E-state index in [9.17, 15) is 18.8 Å². The topological polar surface area (TPSA) is 102 Å². The van der Waals surface area contributed by atoms with Crippen molar-refractivity contribution in [1.29, 1.82) is 0 Å². The Morgan fingerprint density at radius 2 is 1.97 bits per heavy atom. The number of fused-ring (bicyclic) bond motifs is 1. The van der Waals surface area contributed by atoms with E-state index in [0.29, 0.717) is 25.6 Å². The number of aromatic nitrogens is 2. The average molecular weight is 454 g/mol. The van der Waals surface area contributed by atoms with Crippen LogP contribution in [0.15, 0.2) is 21.7 Å². The lowest BCUT2D eigenvalue weighted by atomic mass is 10.1. The Kier molecular flexibility index (Phi) is 6.76. The first-order valence-corrected chi connectivity index (χ1v) is 10.6. The van der Waals surface area contributed by atoms with E-state index in [2.05, 4.69) is 5.32 Å². The number of nitrogens with zero attached hydrogens (tertiary/aromatic N) is 3. The van der Waals surface area contributed by atoms with E-state index < -0.39 is 23.1 Å². The summed E-state index contributed by atoms with van der Waals surface area (Å²) in [6.07, 6.45) is 3.63. The van der Waals surface area contributed by atoms with Crippen LogP contribution in [0.3, 0.4) is 0 Å². The number of hydrogen-bond donors (Lipinski definition) is 2. The first kappa shape index (κ1) is 23.3. The lowest BCUT2D eigenvalue weighted by Crippen LogP contribution is -2.47. The molecule has 2 aromatic rings. The molecule has 2 heterocycles. The Balaban J connectivity index is 0.00000272. The standard InChI is InChI=1S/C21H28FN5O3.ClH/c1-12(2)27-18-9-16(22)17(24-20(29)25-7-3-4-14(23)11-25)8-15(18)19(28)26(21(27)30)10-13-5-6-13;/h8-9,12-14H,3-7,10-11,23H2,1-2H3,(H,24,29);1H. The van der Waals surface area contributed by atoms with Crippen LogP contribution in [-0.4, -0.2) is 39.2 Å². The molecule has 170 valence electrons. The van der Waals surface area contributed by atoms with Crippen molar-refractivity contribution in [1.82, 2.24) is 14.0 Å². The first-order chi connectivity index (χ1) is 14.3. The van der Waals surface area contributed by atoms with Gasteiger partial charge in [-0.05, 0) is 51.5 Å². The number of carbonyl (C=O) groups excluding carboxylic acids is 1. The fourth-order valence-corrected chi connectivity index (χ4v) is 4.10. The first-order valence-electron chi connectivity index (χ1n) is 10.6. The van der Waals surface area contributed by atoms with Gasteiger partial charge in [0.1, 0.15) is 5.82 Å². The van der Waals surface area contributed by atoms with Crippen molar-refractivity contribution in [2.45, 2.75) is 58.2 Å². The smallest absolute Gasteiger partial charge is 0.326 e. The van der Waals surface area contributed by atoms with Crippen LogP contribution in [0.2, 0.25) is 0 Å². The summed E-state index contributed by atoms with van der Waals surface area (Å²) < 4.78 is 17.6. The highest BCUT2D eigenvalue weighted by molar-refractivity contribution is 5.93. The van der Waals surface area contributed by atoms with Gasteiger partial charge in [-0.3, -0.25) is 13.9 Å². The van der Waals surface area contributed by atoms with E-state index >= 15 is 0 Å². The van der Waals surface area contributed by atoms with E-state index in [1.165, 1.54) is 15.2 Å². The van der Waals surface area contributed by atoms with Crippen molar-refractivity contribution in [3.63, 3.8) is 0 Å². The maximum atomic E-state index is 14.9. The van der Waals surface area contributed by atoms with Gasteiger partial charge in [-0.15, -0.1) is 12.4 Å². The van der Waals surface area contributed by atoms with E-state index in [-0.39, 0.29) is 41.1 Å². The van der Waals surface area contributed by atoms with Gasteiger partial charge < -0.3 is 16.0 Å². The molecule has 0 bridgehead atoms. The van der Waals surface area contributed by atoms with E-state index in [4.69, 9.17) is 5.73 Å². The van der Waals surface area contributed by atoms with Gasteiger partial charge in [0.25, 0.3) is 5.56 Å². The second kappa shape index (κ2) is 9.00. The quantitative estimate of drug-likeness (QED) is 0.742. The molecule has 31 heavy (non-hydrogen) atoms. The average Bonchev–Trinajstić information content (AvgIpc) is 3.50. The molecule has 8 nitrogen and oxygen atoms in total. The molecule has 1 aliphatic carbocycles. The molecule has 1 aromatic heterocycles. The van der Waals surface area contributed by atoms with E-state index in [1.807, 2.05) is 13.8 Å². The molecule has 3 N–H and O–H groups in total. The molecule has 1 saturated carbocycles. The number of likely N-dealkylation sites (tertiary alicyclic amines) is 1. The van der Waals surface area contributed by atoms with Crippen molar-refractivity contribution in [2.75, 3.05) is 18.4 Å². The van der Waals surface area contributed by atoms with Crippen molar-refractivity contribution in [2.24, 2.45) is 11.7 Å². The number of piperidine rings is 1. The summed E-state index contributed by atoms with van der Waals surface area (Å²) >= 11 is 0. The van der Waals surface area contributed by atoms with Gasteiger partial charge in [0.05, 0.1) is 16.6 Å². The van der Waals surface area contributed by atoms with Crippen LogP contribution >= 0.6 is 12.4 Å². The predicted octanol–water partition coefficient (Wildman–Crippen LogP) is 2.67. The van der Waals surface area contributed by atoms with Crippen LogP contribution in [0.1, 0.15) is 45.6 Å². The fourth-order valence-electron chi connectivity index (χ4n) is 4.10. The van der Waals surface area contributed by atoms with E-state index in [0.717, 1.165) is 31.7 Å². The second-order valence-electron chi connectivity index (χ2n) is 8.73. The summed E-state index contributed by atoms with van der Waals surface area (Å²) in [6.45, 7) is 4.96. The van der Waals surface area contributed by atoms with Crippen LogP contribution in [0.25, 0.3) is 10.9 Å². The minimum atomic E-state index is -0.690. The summed E-state index contributed by atoms with van der Waals surface area (Å²) in [4.78, 5) is 40.1. The number of amides is 2. The third kappa shape index (κ3) is 4.62. The number of hydrogen-bond acceptors (Lipinski definition) is 4. The Labute approximate surface area is 185 Å². The minimum absolute atomic E-state index is 0. The van der Waals surface area contributed by atoms with Crippen molar-refractivity contribution >= 4 is 35.0 Å². The monoisotopic (exact) mass is 453 g/mol. The molecule has 10 heteroatoms. The number of anilines is 1. The number of rotatable bonds is 4. The van der Waals surface area contributed by atoms with Crippen molar-refractivity contribution in [3.05, 3.63) is 38.8 Å². The summed E-state index contributed by atoms with van der Waals surface area (Å²) in [7, 11) is 0. The lowest BCUT2D eigenvalue weighted by molar-refractivity contribution is 0.193. The summed E-state index contributed by atoms with van der Waals surface area (Å²) in [5.41, 5.74) is 5.22. The van der Waals surface area contributed by atoms with Crippen LogP contribution in [0.4, 0.5) is 14.9 Å². The molecule has 1 aromatic carbocycles. The third-order valence-electron chi connectivity index (χ3n) is 5.90. The zero-order valence-electron chi connectivity index (χ0n) is 17.8. The Morgan fingerprint density at radius 3 is 2.58 bits per heavy atom. The highest BCUT2D eigenvalue weighted by atomic mass is 35.5. The number of halogens is 2. The maximum absolute atomic E-state index is 14.9. The van der Waals surface area contributed by atoms with Gasteiger partial charge in [0, 0.05) is 37.8 Å². The second-order valence-corrected chi connectivity index (χ2v) is 8.73. The number of benzene rings is 1. The molecule has 0 radical (unpaired) electrons. The predicted molar refractivity (Wildman–Crippen MR) is 121 cm³/mol. The lowest BCUT2D eigenvalue weighted by Gasteiger charge is -2.30. The summed E-state index contributed by atoms with van der Waals surface area (Å²) in [5.74, 6) is -0.360. The zero-order chi connectivity index (χ0) is 21.6. The molecule has 2 fully saturated rings. The molecule has 0 spiro atoms. The number of carbonyl (C=O) groups is 1. The highest BCUT2D eigenvalue weighted by Gasteiger charge is 2.26. The number of urea groups is 1. The van der Waals surface area contributed by atoms with Crippen LogP contribution in [-0.2, 0) is 6.54 Å². The number of nitrogens with one attached hydrogen (secondary N) is 1. The fraction of sp³-hybridized carbons (Fsp3) is 0.571. The van der Waals surface area contributed by atoms with Crippen LogP contribution in [0.5, 0.6) is 0 Å². The largest absolute Gasteiger partial charge is 0.331 e. The summed E-state index contributed by atoms with van der Waals surface area (Å²) in [5, 5.41) is 2.80. The molecule has 2 amide bonds. The third-order valence-corrected chi connectivity index (χ3v) is 5.90. The number of nitrogens with two attached hydrogens (primary N) is 1. The molecule has 1 aliphatic heterocycles. The molecule has 4 rings (SSSR count). The molecular weight excluding hydrogens is 425 g/mol. The van der Waals surface area contributed by atoms with E-state index in [1.54, 1.807) is 4.90 Å². The molecule has 1 atom stereocenters. The van der Waals surface area contributed by atoms with Gasteiger partial charge in [-0.2, -0.15) is 0 Å². The SMILES string of the molecule is CC(C)n1c(=O)n(CC2CC2)c(=O)c2cc(NC(=O)N3CCCC(N)C3)c(F)cc21.Cl. The maximum Gasteiger partial charge on any atom is 0.331 e. The van der Waals surface area contributed by atoms with Crippen LogP contribution in [0, 0.1) is 11.7 Å². The van der Waals surface area contributed by atoms with Crippen molar-refractivity contribution in [3.8, 4) is 0 Å². The molecule has 1 unspecified atom stereocenters. The van der Waals surface area contributed by atoms with Crippen LogP contribution < -0.4 is 22.3 Å². The molecular formula is C21H29ClFN5O3. The molecule has 1 saturated heterocycles. The van der Waals surface area contributed by atoms with Gasteiger partial charge in [-0.25, -0.2) is 14.0 Å². The minimum Gasteiger partial charge on any atom is -0.326 e. The van der Waals surface area contributed by atoms with Gasteiger partial charge in [0.2, 0.25) is 0 Å². The Hall–Kier alpha value is -2.39. The normalized spacial score (nSPS) is 18.9. The Bertz CT molecular complexity index is 1110. The Morgan fingerprint density at radius 1 is 1.26 bits per heavy atom. The van der Waals surface area contributed by atoms with Crippen molar-refractivity contribution < 1.29 is 9.18 Å². The zero-order valence-corrected chi connectivity index (χ0v) is 18.6. The van der Waals surface area contributed by atoms with Gasteiger partial charge >= 0.3 is 11.7 Å².